The van der Waals surface area contributed by atoms with Gasteiger partial charge < -0.3 is 0 Å². The van der Waals surface area contributed by atoms with Crippen molar-refractivity contribution in [1.29, 1.82) is 0 Å². The molecule has 5 heteroatoms. The molecule has 92 valence electrons. The minimum Gasteiger partial charge on any atom is -0.291 e. The molecule has 2 rings (SSSR count). The molecule has 0 fully saturated rings. The number of amides is 1. The highest BCUT2D eigenvalue weighted by Crippen LogP contribution is 2.12. The number of hydrogen-bond donors (Lipinski definition) is 1. The minimum atomic E-state index is -0.215. The van der Waals surface area contributed by atoms with Gasteiger partial charge in [0.05, 0.1) is 0 Å². The number of aryl methyl sites for hydroxylation is 1. The van der Waals surface area contributed by atoms with E-state index in [1.807, 2.05) is 37.3 Å². The van der Waals surface area contributed by atoms with Crippen LogP contribution >= 0.6 is 0 Å². The molecular formula is C13H14N4O. The number of allylic oxidation sites excluding steroid dienone is 1. The smallest absolute Gasteiger partial charge is 0.250 e. The molecule has 0 aliphatic heterocycles. The third-order valence-electron chi connectivity index (χ3n) is 2.52. The topological polar surface area (TPSA) is 59.8 Å². The van der Waals surface area contributed by atoms with E-state index in [1.165, 1.54) is 11.0 Å². The molecule has 5 nitrogen and oxygen atoms in total. The molecule has 0 bridgehead atoms. The second kappa shape index (κ2) is 5.27. The van der Waals surface area contributed by atoms with Crippen molar-refractivity contribution in [3.05, 3.63) is 48.3 Å². The summed E-state index contributed by atoms with van der Waals surface area (Å²) in [5.41, 5.74) is 1.92. The zero-order valence-electron chi connectivity index (χ0n) is 10.3. The van der Waals surface area contributed by atoms with Crippen LogP contribution in [-0.2, 0) is 11.8 Å². The van der Waals surface area contributed by atoms with Gasteiger partial charge in [-0.25, -0.2) is 4.68 Å². The lowest BCUT2D eigenvalue weighted by Gasteiger charge is -2.03. The maximum Gasteiger partial charge on any atom is 0.250 e. The number of benzene rings is 1. The summed E-state index contributed by atoms with van der Waals surface area (Å²) in [6, 6.07) is 9.74. The lowest BCUT2D eigenvalue weighted by Crippen LogP contribution is -2.12. The Balaban J connectivity index is 2.09. The van der Waals surface area contributed by atoms with E-state index in [2.05, 4.69) is 15.4 Å². The number of nitrogens with zero attached hydrogens (tertiary/aromatic N) is 3. The summed E-state index contributed by atoms with van der Waals surface area (Å²) in [6.45, 7) is 1.89. The molecule has 1 heterocycles. The fourth-order valence-corrected chi connectivity index (χ4v) is 1.54. The molecule has 0 aliphatic carbocycles. The van der Waals surface area contributed by atoms with E-state index in [9.17, 15) is 4.79 Å². The molecule has 2 aromatic rings. The van der Waals surface area contributed by atoms with Gasteiger partial charge in [-0.15, -0.1) is 0 Å². The molecule has 1 amide bonds. The Morgan fingerprint density at radius 1 is 1.33 bits per heavy atom. The van der Waals surface area contributed by atoms with Crippen molar-refractivity contribution in [2.45, 2.75) is 6.92 Å². The number of rotatable bonds is 3. The van der Waals surface area contributed by atoms with Crippen molar-refractivity contribution in [1.82, 2.24) is 14.8 Å². The fourth-order valence-electron chi connectivity index (χ4n) is 1.54. The third-order valence-corrected chi connectivity index (χ3v) is 2.52. The van der Waals surface area contributed by atoms with E-state index in [-0.39, 0.29) is 5.91 Å². The average Bonchev–Trinajstić information content (AvgIpc) is 2.76. The van der Waals surface area contributed by atoms with E-state index < -0.39 is 0 Å². The number of anilines is 1. The monoisotopic (exact) mass is 242 g/mol. The van der Waals surface area contributed by atoms with Crippen LogP contribution in [0.2, 0.25) is 0 Å². The van der Waals surface area contributed by atoms with Gasteiger partial charge in [0.1, 0.15) is 6.33 Å². The van der Waals surface area contributed by atoms with Crippen molar-refractivity contribution in [2.75, 3.05) is 5.32 Å². The van der Waals surface area contributed by atoms with Crippen LogP contribution in [0, 0.1) is 0 Å². The zero-order chi connectivity index (χ0) is 13.0. The Morgan fingerprint density at radius 2 is 2.06 bits per heavy atom. The van der Waals surface area contributed by atoms with Gasteiger partial charge >= 0.3 is 0 Å². The van der Waals surface area contributed by atoms with Gasteiger partial charge in [-0.05, 0) is 18.1 Å². The van der Waals surface area contributed by atoms with Gasteiger partial charge in [-0.2, -0.15) is 10.1 Å². The van der Waals surface area contributed by atoms with E-state index in [0.29, 0.717) is 5.95 Å². The molecular weight excluding hydrogens is 228 g/mol. The second-order valence-corrected chi connectivity index (χ2v) is 3.89. The van der Waals surface area contributed by atoms with Crippen molar-refractivity contribution < 1.29 is 4.79 Å². The van der Waals surface area contributed by atoms with Crippen molar-refractivity contribution in [3.63, 3.8) is 0 Å². The van der Waals surface area contributed by atoms with Crippen LogP contribution in [0.1, 0.15) is 12.5 Å². The Hall–Kier alpha value is -2.43. The SMILES string of the molecule is CC(=CC(=O)Nc1ncnn1C)c1ccccc1. The largest absolute Gasteiger partial charge is 0.291 e. The molecule has 0 radical (unpaired) electrons. The van der Waals surface area contributed by atoms with Crippen LogP contribution in [0.15, 0.2) is 42.7 Å². The van der Waals surface area contributed by atoms with Gasteiger partial charge in [0.15, 0.2) is 0 Å². The van der Waals surface area contributed by atoms with E-state index in [4.69, 9.17) is 0 Å². The van der Waals surface area contributed by atoms with Crippen LogP contribution in [0.25, 0.3) is 5.57 Å². The molecule has 0 saturated carbocycles. The fraction of sp³-hybridized carbons (Fsp3) is 0.154. The summed E-state index contributed by atoms with van der Waals surface area (Å²) in [5.74, 6) is 0.213. The first kappa shape index (κ1) is 12.0. The van der Waals surface area contributed by atoms with Crippen molar-refractivity contribution in [3.8, 4) is 0 Å². The maximum atomic E-state index is 11.8. The molecule has 0 atom stereocenters. The molecule has 0 saturated heterocycles. The van der Waals surface area contributed by atoms with Crippen molar-refractivity contribution in [2.24, 2.45) is 7.05 Å². The second-order valence-electron chi connectivity index (χ2n) is 3.89. The maximum absolute atomic E-state index is 11.8. The predicted molar refractivity (Wildman–Crippen MR) is 69.7 cm³/mol. The normalized spacial score (nSPS) is 11.3. The Labute approximate surface area is 105 Å². The molecule has 1 aromatic heterocycles. The standard InChI is InChI=1S/C13H14N4O/c1-10(11-6-4-3-5-7-11)8-12(18)16-13-14-9-15-17(13)2/h3-9H,1-2H3,(H,14,15,16,18). The number of hydrogen-bond acceptors (Lipinski definition) is 3. The van der Waals surface area contributed by atoms with Crippen LogP contribution < -0.4 is 5.32 Å². The molecule has 0 aliphatic rings. The zero-order valence-corrected chi connectivity index (χ0v) is 10.3. The Bertz CT molecular complexity index is 572. The number of nitrogens with one attached hydrogen (secondary N) is 1. The van der Waals surface area contributed by atoms with Crippen molar-refractivity contribution >= 4 is 17.4 Å². The third kappa shape index (κ3) is 2.82. The molecule has 18 heavy (non-hydrogen) atoms. The Kier molecular flexibility index (Phi) is 3.52. The molecule has 0 unspecified atom stereocenters. The van der Waals surface area contributed by atoms with Gasteiger partial charge in [0.25, 0.3) is 5.91 Å². The van der Waals surface area contributed by atoms with Gasteiger partial charge in [0, 0.05) is 13.1 Å². The minimum absolute atomic E-state index is 0.215. The highest BCUT2D eigenvalue weighted by molar-refractivity contribution is 6.02. The predicted octanol–water partition coefficient (Wildman–Crippen LogP) is 1.86. The van der Waals surface area contributed by atoms with Crippen LogP contribution in [0.5, 0.6) is 0 Å². The molecule has 0 spiro atoms. The first-order valence-electron chi connectivity index (χ1n) is 5.55. The van der Waals surface area contributed by atoms with E-state index in [1.54, 1.807) is 13.1 Å². The van der Waals surface area contributed by atoms with Crippen LogP contribution in [-0.4, -0.2) is 20.7 Å². The highest BCUT2D eigenvalue weighted by atomic mass is 16.1. The van der Waals surface area contributed by atoms with Gasteiger partial charge in [-0.3, -0.25) is 10.1 Å². The van der Waals surface area contributed by atoms with E-state index in [0.717, 1.165) is 11.1 Å². The first-order valence-corrected chi connectivity index (χ1v) is 5.55. The highest BCUT2D eigenvalue weighted by Gasteiger charge is 2.04. The number of carbonyl (C=O) groups excluding carboxylic acids is 1. The number of carbonyl (C=O) groups is 1. The quantitative estimate of drug-likeness (QED) is 0.836. The van der Waals surface area contributed by atoms with E-state index >= 15 is 0 Å². The summed E-state index contributed by atoms with van der Waals surface area (Å²) < 4.78 is 1.50. The van der Waals surface area contributed by atoms with Crippen LogP contribution in [0.3, 0.4) is 0 Å². The van der Waals surface area contributed by atoms with Gasteiger partial charge in [0.2, 0.25) is 5.95 Å². The molecule has 1 N–H and O–H groups in total. The Morgan fingerprint density at radius 3 is 2.67 bits per heavy atom. The lowest BCUT2D eigenvalue weighted by molar-refractivity contribution is -0.111. The summed E-state index contributed by atoms with van der Waals surface area (Å²) in [7, 11) is 1.72. The van der Waals surface area contributed by atoms with Gasteiger partial charge in [-0.1, -0.05) is 30.3 Å². The number of aromatic nitrogens is 3. The summed E-state index contributed by atoms with van der Waals surface area (Å²) in [6.07, 6.45) is 2.94. The lowest BCUT2D eigenvalue weighted by atomic mass is 10.1. The average molecular weight is 242 g/mol. The molecule has 1 aromatic carbocycles. The first-order chi connectivity index (χ1) is 8.66. The van der Waals surface area contributed by atoms with Crippen LogP contribution in [0.4, 0.5) is 5.95 Å². The summed E-state index contributed by atoms with van der Waals surface area (Å²) >= 11 is 0. The summed E-state index contributed by atoms with van der Waals surface area (Å²) in [5, 5.41) is 6.54. The summed E-state index contributed by atoms with van der Waals surface area (Å²) in [4.78, 5) is 15.7.